The SMILES string of the molecule is CCc1nc(C(C)NC(=O)c2ccc(I)cc2)cs1. The Balaban J connectivity index is 2.04. The van der Waals surface area contributed by atoms with Crippen LogP contribution in [0.3, 0.4) is 0 Å². The number of nitrogens with one attached hydrogen (secondary N) is 1. The highest BCUT2D eigenvalue weighted by atomic mass is 127. The smallest absolute Gasteiger partial charge is 0.251 e. The van der Waals surface area contributed by atoms with Crippen molar-refractivity contribution in [2.24, 2.45) is 0 Å². The lowest BCUT2D eigenvalue weighted by Gasteiger charge is -2.11. The summed E-state index contributed by atoms with van der Waals surface area (Å²) in [4.78, 5) is 16.6. The van der Waals surface area contributed by atoms with Gasteiger partial charge in [0.05, 0.1) is 16.7 Å². The molecule has 1 amide bonds. The van der Waals surface area contributed by atoms with Crippen LogP contribution in [0.5, 0.6) is 0 Å². The second-order valence-electron chi connectivity index (χ2n) is 4.22. The molecule has 2 rings (SSSR count). The monoisotopic (exact) mass is 386 g/mol. The molecule has 3 nitrogen and oxygen atoms in total. The van der Waals surface area contributed by atoms with E-state index in [0.29, 0.717) is 5.56 Å². The minimum absolute atomic E-state index is 0.0602. The molecule has 1 atom stereocenters. The van der Waals surface area contributed by atoms with Gasteiger partial charge in [0, 0.05) is 14.5 Å². The fraction of sp³-hybridized carbons (Fsp3) is 0.286. The van der Waals surface area contributed by atoms with Gasteiger partial charge in [-0.1, -0.05) is 6.92 Å². The van der Waals surface area contributed by atoms with E-state index in [-0.39, 0.29) is 11.9 Å². The van der Waals surface area contributed by atoms with Gasteiger partial charge in [0.25, 0.3) is 5.91 Å². The number of aryl methyl sites for hydroxylation is 1. The fourth-order valence-electron chi connectivity index (χ4n) is 1.64. The van der Waals surface area contributed by atoms with Crippen molar-refractivity contribution in [2.45, 2.75) is 26.3 Å². The Morgan fingerprint density at radius 1 is 1.42 bits per heavy atom. The number of halogens is 1. The first-order valence-corrected chi connectivity index (χ1v) is 8.06. The summed E-state index contributed by atoms with van der Waals surface area (Å²) in [6, 6.07) is 7.46. The maximum absolute atomic E-state index is 12.1. The molecule has 0 radical (unpaired) electrons. The van der Waals surface area contributed by atoms with Gasteiger partial charge < -0.3 is 5.32 Å². The summed E-state index contributed by atoms with van der Waals surface area (Å²) in [7, 11) is 0. The molecule has 1 aromatic heterocycles. The van der Waals surface area contributed by atoms with Crippen LogP contribution in [0, 0.1) is 3.57 Å². The number of aromatic nitrogens is 1. The lowest BCUT2D eigenvalue weighted by atomic mass is 10.2. The number of carbonyl (C=O) groups excluding carboxylic acids is 1. The van der Waals surface area contributed by atoms with Crippen LogP contribution >= 0.6 is 33.9 Å². The van der Waals surface area contributed by atoms with E-state index in [4.69, 9.17) is 0 Å². The quantitative estimate of drug-likeness (QED) is 0.813. The Kier molecular flexibility index (Phi) is 4.93. The Morgan fingerprint density at radius 2 is 2.11 bits per heavy atom. The van der Waals surface area contributed by atoms with Crippen LogP contribution < -0.4 is 5.32 Å². The molecule has 100 valence electrons. The van der Waals surface area contributed by atoms with Crippen molar-refractivity contribution >= 4 is 39.8 Å². The summed E-state index contributed by atoms with van der Waals surface area (Å²) in [6.45, 7) is 4.04. The van der Waals surface area contributed by atoms with E-state index >= 15 is 0 Å². The van der Waals surface area contributed by atoms with Crippen molar-refractivity contribution in [3.8, 4) is 0 Å². The minimum atomic E-state index is -0.0664. The third kappa shape index (κ3) is 3.76. The number of hydrogen-bond acceptors (Lipinski definition) is 3. The average molecular weight is 386 g/mol. The fourth-order valence-corrected chi connectivity index (χ4v) is 2.84. The third-order valence-electron chi connectivity index (χ3n) is 2.77. The zero-order valence-electron chi connectivity index (χ0n) is 10.8. The largest absolute Gasteiger partial charge is 0.344 e. The lowest BCUT2D eigenvalue weighted by molar-refractivity contribution is 0.0939. The van der Waals surface area contributed by atoms with Gasteiger partial charge in [-0.15, -0.1) is 11.3 Å². The van der Waals surface area contributed by atoms with E-state index in [2.05, 4.69) is 39.8 Å². The van der Waals surface area contributed by atoms with Crippen LogP contribution in [0.25, 0.3) is 0 Å². The standard InChI is InChI=1S/C14H15IN2OS/c1-3-13-17-12(8-19-13)9(2)16-14(18)10-4-6-11(15)7-5-10/h4-9H,3H2,1-2H3,(H,16,18). The maximum atomic E-state index is 12.1. The second kappa shape index (κ2) is 6.47. The van der Waals surface area contributed by atoms with Gasteiger partial charge in [0.1, 0.15) is 0 Å². The molecule has 0 aliphatic carbocycles. The summed E-state index contributed by atoms with van der Waals surface area (Å²) in [5.41, 5.74) is 1.61. The summed E-state index contributed by atoms with van der Waals surface area (Å²) in [6.07, 6.45) is 0.933. The maximum Gasteiger partial charge on any atom is 0.251 e. The van der Waals surface area contributed by atoms with Crippen LogP contribution in [0.15, 0.2) is 29.6 Å². The van der Waals surface area contributed by atoms with E-state index < -0.39 is 0 Å². The van der Waals surface area contributed by atoms with Crippen molar-refractivity contribution in [1.29, 1.82) is 0 Å². The summed E-state index contributed by atoms with van der Waals surface area (Å²) in [5.74, 6) is -0.0602. The first-order chi connectivity index (χ1) is 9.10. The molecule has 0 fully saturated rings. The van der Waals surface area contributed by atoms with Crippen LogP contribution in [-0.2, 0) is 6.42 Å². The van der Waals surface area contributed by atoms with Crippen LogP contribution in [0.1, 0.15) is 40.9 Å². The number of rotatable bonds is 4. The molecular weight excluding hydrogens is 371 g/mol. The number of thiazole rings is 1. The zero-order chi connectivity index (χ0) is 13.8. The topological polar surface area (TPSA) is 42.0 Å². The summed E-state index contributed by atoms with van der Waals surface area (Å²) in [5, 5.41) is 6.09. The van der Waals surface area contributed by atoms with Crippen molar-refractivity contribution in [3.05, 3.63) is 49.5 Å². The molecule has 1 N–H and O–H groups in total. The van der Waals surface area contributed by atoms with Crippen molar-refractivity contribution in [2.75, 3.05) is 0 Å². The molecule has 0 aliphatic heterocycles. The first-order valence-electron chi connectivity index (χ1n) is 6.11. The molecule has 1 unspecified atom stereocenters. The highest BCUT2D eigenvalue weighted by Crippen LogP contribution is 2.17. The lowest BCUT2D eigenvalue weighted by Crippen LogP contribution is -2.26. The molecular formula is C14H15IN2OS. The van der Waals surface area contributed by atoms with E-state index in [1.807, 2.05) is 36.6 Å². The van der Waals surface area contributed by atoms with E-state index in [9.17, 15) is 4.79 Å². The molecule has 0 aliphatic rings. The summed E-state index contributed by atoms with van der Waals surface area (Å²) >= 11 is 3.86. The van der Waals surface area contributed by atoms with Gasteiger partial charge in [-0.2, -0.15) is 0 Å². The van der Waals surface area contributed by atoms with Gasteiger partial charge in [-0.25, -0.2) is 4.98 Å². The number of nitrogens with zero attached hydrogens (tertiary/aromatic N) is 1. The Morgan fingerprint density at radius 3 is 2.68 bits per heavy atom. The minimum Gasteiger partial charge on any atom is -0.344 e. The van der Waals surface area contributed by atoms with Crippen LogP contribution in [0.2, 0.25) is 0 Å². The van der Waals surface area contributed by atoms with Gasteiger partial charge in [0.15, 0.2) is 0 Å². The Hall–Kier alpha value is -0.950. The molecule has 19 heavy (non-hydrogen) atoms. The number of hydrogen-bond donors (Lipinski definition) is 1. The first kappa shape index (κ1) is 14.5. The zero-order valence-corrected chi connectivity index (χ0v) is 13.8. The van der Waals surface area contributed by atoms with Gasteiger partial charge in [-0.3, -0.25) is 4.79 Å². The number of amides is 1. The van der Waals surface area contributed by atoms with Crippen molar-refractivity contribution in [3.63, 3.8) is 0 Å². The molecule has 5 heteroatoms. The van der Waals surface area contributed by atoms with E-state index in [1.54, 1.807) is 11.3 Å². The Labute approximate surface area is 130 Å². The molecule has 0 spiro atoms. The summed E-state index contributed by atoms with van der Waals surface area (Å²) < 4.78 is 1.12. The van der Waals surface area contributed by atoms with Crippen LogP contribution in [0.4, 0.5) is 0 Å². The van der Waals surface area contributed by atoms with E-state index in [1.165, 1.54) is 0 Å². The predicted octanol–water partition coefficient (Wildman–Crippen LogP) is 3.80. The normalized spacial score (nSPS) is 12.2. The van der Waals surface area contributed by atoms with Gasteiger partial charge in [-0.05, 0) is 60.2 Å². The highest BCUT2D eigenvalue weighted by molar-refractivity contribution is 14.1. The van der Waals surface area contributed by atoms with Crippen molar-refractivity contribution in [1.82, 2.24) is 10.3 Å². The third-order valence-corrected chi connectivity index (χ3v) is 4.50. The van der Waals surface area contributed by atoms with Crippen LogP contribution in [-0.4, -0.2) is 10.9 Å². The molecule has 1 heterocycles. The second-order valence-corrected chi connectivity index (χ2v) is 6.41. The van der Waals surface area contributed by atoms with Gasteiger partial charge >= 0.3 is 0 Å². The number of benzene rings is 1. The molecule has 1 aromatic carbocycles. The Bertz CT molecular complexity index is 565. The predicted molar refractivity (Wildman–Crippen MR) is 86.5 cm³/mol. The average Bonchev–Trinajstić information content (AvgIpc) is 2.88. The molecule has 0 saturated heterocycles. The number of carbonyl (C=O) groups is 1. The van der Waals surface area contributed by atoms with E-state index in [0.717, 1.165) is 20.7 Å². The van der Waals surface area contributed by atoms with Gasteiger partial charge in [0.2, 0.25) is 0 Å². The highest BCUT2D eigenvalue weighted by Gasteiger charge is 2.13. The van der Waals surface area contributed by atoms with Crippen molar-refractivity contribution < 1.29 is 4.79 Å². The molecule has 0 saturated carbocycles. The molecule has 2 aromatic rings. The molecule has 0 bridgehead atoms.